The van der Waals surface area contributed by atoms with E-state index in [1.165, 1.54) is 11.8 Å². The van der Waals surface area contributed by atoms with E-state index in [9.17, 15) is 4.79 Å². The summed E-state index contributed by atoms with van der Waals surface area (Å²) in [5.74, 6) is 1.00. The maximum absolute atomic E-state index is 11.8. The molecule has 25 heavy (non-hydrogen) atoms. The van der Waals surface area contributed by atoms with Crippen LogP contribution in [0, 0.1) is 0 Å². The predicted octanol–water partition coefficient (Wildman–Crippen LogP) is 3.94. The first-order valence-electron chi connectivity index (χ1n) is 7.99. The van der Waals surface area contributed by atoms with Gasteiger partial charge in [-0.3, -0.25) is 4.79 Å². The molecule has 2 aromatic rings. The van der Waals surface area contributed by atoms with Crippen LogP contribution in [0.5, 0.6) is 11.5 Å². The lowest BCUT2D eigenvalue weighted by molar-refractivity contribution is -0.123. The molecule has 0 saturated carbocycles. The fraction of sp³-hybridized carbons (Fsp3) is 0.263. The van der Waals surface area contributed by atoms with Gasteiger partial charge >= 0.3 is 0 Å². The van der Waals surface area contributed by atoms with Crippen molar-refractivity contribution < 1.29 is 14.3 Å². The van der Waals surface area contributed by atoms with Gasteiger partial charge in [-0.2, -0.15) is 5.10 Å². The molecule has 1 N–H and O–H groups in total. The van der Waals surface area contributed by atoms with Crippen LogP contribution in [0.2, 0.25) is 0 Å². The van der Waals surface area contributed by atoms with E-state index in [0.717, 1.165) is 22.9 Å². The zero-order valence-electron chi connectivity index (χ0n) is 14.3. The van der Waals surface area contributed by atoms with Gasteiger partial charge in [0.15, 0.2) is 6.61 Å². The van der Waals surface area contributed by atoms with Crippen molar-refractivity contribution in [2.75, 3.05) is 13.7 Å². The molecule has 2 rings (SSSR count). The summed E-state index contributed by atoms with van der Waals surface area (Å²) in [6, 6.07) is 13.3. The molecule has 0 saturated heterocycles. The number of benzene rings is 2. The number of amides is 1. The normalized spacial score (nSPS) is 10.7. The lowest BCUT2D eigenvalue weighted by Crippen LogP contribution is -2.24. The minimum absolute atomic E-state index is 0.0971. The lowest BCUT2D eigenvalue weighted by Gasteiger charge is -2.06. The highest BCUT2D eigenvalue weighted by atomic mass is 79.9. The number of aryl methyl sites for hydroxylation is 1. The van der Waals surface area contributed by atoms with Crippen LogP contribution >= 0.6 is 15.9 Å². The quantitative estimate of drug-likeness (QED) is 0.535. The van der Waals surface area contributed by atoms with Gasteiger partial charge < -0.3 is 9.47 Å². The maximum atomic E-state index is 11.8. The van der Waals surface area contributed by atoms with Crippen molar-refractivity contribution >= 4 is 28.1 Å². The van der Waals surface area contributed by atoms with Crippen molar-refractivity contribution in [1.82, 2.24) is 5.43 Å². The Balaban J connectivity index is 1.83. The van der Waals surface area contributed by atoms with Gasteiger partial charge in [-0.15, -0.1) is 0 Å². The number of methoxy groups -OCH3 is 1. The molecule has 0 aromatic heterocycles. The average molecular weight is 405 g/mol. The third kappa shape index (κ3) is 6.23. The van der Waals surface area contributed by atoms with E-state index >= 15 is 0 Å². The number of hydrazone groups is 1. The van der Waals surface area contributed by atoms with Crippen molar-refractivity contribution in [3.05, 3.63) is 58.1 Å². The van der Waals surface area contributed by atoms with Crippen LogP contribution in [0.15, 0.2) is 52.0 Å². The van der Waals surface area contributed by atoms with Gasteiger partial charge in [0.2, 0.25) is 0 Å². The largest absolute Gasteiger partial charge is 0.496 e. The number of carbonyl (C=O) groups is 1. The number of carbonyl (C=O) groups excluding carboxylic acids is 1. The van der Waals surface area contributed by atoms with Crippen molar-refractivity contribution in [3.8, 4) is 11.5 Å². The molecule has 0 aliphatic heterocycles. The Labute approximate surface area is 156 Å². The second-order valence-electron chi connectivity index (χ2n) is 5.36. The molecule has 0 unspecified atom stereocenters. The molecule has 0 bridgehead atoms. The van der Waals surface area contributed by atoms with E-state index in [0.29, 0.717) is 11.5 Å². The van der Waals surface area contributed by atoms with Gasteiger partial charge in [0.05, 0.1) is 13.3 Å². The number of rotatable bonds is 8. The number of nitrogens with one attached hydrogen (secondary N) is 1. The third-order valence-corrected chi connectivity index (χ3v) is 3.91. The molecule has 0 spiro atoms. The van der Waals surface area contributed by atoms with Crippen LogP contribution in [0.1, 0.15) is 24.5 Å². The Morgan fingerprint density at radius 3 is 2.68 bits per heavy atom. The molecule has 6 heteroatoms. The molecule has 2 aromatic carbocycles. The van der Waals surface area contributed by atoms with Crippen LogP contribution in [-0.2, 0) is 11.2 Å². The molecule has 1 amide bonds. The van der Waals surface area contributed by atoms with E-state index in [-0.39, 0.29) is 12.5 Å². The van der Waals surface area contributed by atoms with Crippen molar-refractivity contribution in [1.29, 1.82) is 0 Å². The van der Waals surface area contributed by atoms with E-state index in [4.69, 9.17) is 9.47 Å². The summed E-state index contributed by atoms with van der Waals surface area (Å²) in [5, 5.41) is 3.94. The van der Waals surface area contributed by atoms with Gasteiger partial charge in [0.25, 0.3) is 5.91 Å². The SMILES string of the molecule is CCCc1ccc(OCC(=O)N/N=C\c2cc(Br)ccc2OC)cc1. The maximum Gasteiger partial charge on any atom is 0.277 e. The van der Waals surface area contributed by atoms with E-state index < -0.39 is 0 Å². The molecule has 0 fully saturated rings. The molecule has 0 aliphatic carbocycles. The first-order valence-corrected chi connectivity index (χ1v) is 8.79. The van der Waals surface area contributed by atoms with Crippen LogP contribution in [0.25, 0.3) is 0 Å². The second-order valence-corrected chi connectivity index (χ2v) is 6.28. The smallest absolute Gasteiger partial charge is 0.277 e. The zero-order valence-corrected chi connectivity index (χ0v) is 15.9. The predicted molar refractivity (Wildman–Crippen MR) is 102 cm³/mol. The van der Waals surface area contributed by atoms with Gasteiger partial charge in [0, 0.05) is 10.0 Å². The number of halogens is 1. The third-order valence-electron chi connectivity index (χ3n) is 3.42. The highest BCUT2D eigenvalue weighted by Crippen LogP contribution is 2.21. The monoisotopic (exact) mass is 404 g/mol. The Kier molecular flexibility index (Phi) is 7.47. The van der Waals surface area contributed by atoms with Gasteiger partial charge in [-0.05, 0) is 42.3 Å². The summed E-state index contributed by atoms with van der Waals surface area (Å²) in [7, 11) is 1.58. The topological polar surface area (TPSA) is 59.9 Å². The Bertz CT molecular complexity index is 730. The average Bonchev–Trinajstić information content (AvgIpc) is 2.61. The summed E-state index contributed by atoms with van der Waals surface area (Å²) in [5.41, 5.74) is 4.45. The summed E-state index contributed by atoms with van der Waals surface area (Å²) in [6.07, 6.45) is 3.67. The van der Waals surface area contributed by atoms with Crippen LogP contribution in [0.4, 0.5) is 0 Å². The fourth-order valence-corrected chi connectivity index (χ4v) is 2.58. The van der Waals surface area contributed by atoms with Crippen LogP contribution < -0.4 is 14.9 Å². The summed E-state index contributed by atoms with van der Waals surface area (Å²) in [4.78, 5) is 11.8. The molecular formula is C19H21BrN2O3. The van der Waals surface area contributed by atoms with Crippen LogP contribution in [0.3, 0.4) is 0 Å². The minimum Gasteiger partial charge on any atom is -0.496 e. The van der Waals surface area contributed by atoms with Crippen molar-refractivity contribution in [2.45, 2.75) is 19.8 Å². The number of nitrogens with zero attached hydrogens (tertiary/aromatic N) is 1. The van der Waals surface area contributed by atoms with Crippen molar-refractivity contribution in [3.63, 3.8) is 0 Å². The molecule has 0 atom stereocenters. The molecule has 132 valence electrons. The van der Waals surface area contributed by atoms with Gasteiger partial charge in [0.1, 0.15) is 11.5 Å². The van der Waals surface area contributed by atoms with E-state index in [1.54, 1.807) is 7.11 Å². The highest BCUT2D eigenvalue weighted by Gasteiger charge is 2.03. The summed E-state index contributed by atoms with van der Waals surface area (Å²) < 4.78 is 11.6. The first kappa shape index (κ1) is 19.0. The standard InChI is InChI=1S/C19H21BrN2O3/c1-3-4-14-5-8-17(9-6-14)25-13-19(23)22-21-12-15-11-16(20)7-10-18(15)24-2/h5-12H,3-4,13H2,1-2H3,(H,22,23)/b21-12-. The van der Waals surface area contributed by atoms with Gasteiger partial charge in [-0.1, -0.05) is 41.4 Å². The molecule has 0 heterocycles. The minimum atomic E-state index is -0.331. The molecular weight excluding hydrogens is 384 g/mol. The van der Waals surface area contributed by atoms with Crippen LogP contribution in [-0.4, -0.2) is 25.8 Å². The Morgan fingerprint density at radius 1 is 1.24 bits per heavy atom. The van der Waals surface area contributed by atoms with Gasteiger partial charge in [-0.25, -0.2) is 5.43 Å². The first-order chi connectivity index (χ1) is 12.1. The summed E-state index contributed by atoms with van der Waals surface area (Å²) >= 11 is 3.39. The number of hydrogen-bond acceptors (Lipinski definition) is 4. The Morgan fingerprint density at radius 2 is 2.00 bits per heavy atom. The molecule has 0 radical (unpaired) electrons. The second kappa shape index (κ2) is 9.84. The van der Waals surface area contributed by atoms with Crippen molar-refractivity contribution in [2.24, 2.45) is 5.10 Å². The molecule has 0 aliphatic rings. The number of hydrogen-bond donors (Lipinski definition) is 1. The van der Waals surface area contributed by atoms with E-state index in [1.807, 2.05) is 42.5 Å². The zero-order chi connectivity index (χ0) is 18.1. The summed E-state index contributed by atoms with van der Waals surface area (Å²) in [6.45, 7) is 2.04. The van der Waals surface area contributed by atoms with E-state index in [2.05, 4.69) is 33.4 Å². The highest BCUT2D eigenvalue weighted by molar-refractivity contribution is 9.10. The Hall–Kier alpha value is -2.34. The fourth-order valence-electron chi connectivity index (χ4n) is 2.20. The molecule has 5 nitrogen and oxygen atoms in total. The lowest BCUT2D eigenvalue weighted by atomic mass is 10.1. The number of ether oxygens (including phenoxy) is 2.